The minimum Gasteiger partial charge on any atom is -0.494 e. The molecule has 0 bridgehead atoms. The smallest absolute Gasteiger partial charge is 0.251 e. The zero-order valence-corrected chi connectivity index (χ0v) is 16.6. The van der Waals surface area contributed by atoms with E-state index in [1.165, 1.54) is 12.8 Å². The van der Waals surface area contributed by atoms with Crippen LogP contribution in [-0.2, 0) is 0 Å². The highest BCUT2D eigenvalue weighted by Crippen LogP contribution is 2.23. The molecule has 5 heteroatoms. The lowest BCUT2D eigenvalue weighted by molar-refractivity contribution is 0.0890. The zero-order chi connectivity index (χ0) is 19.6. The highest BCUT2D eigenvalue weighted by Gasteiger charge is 2.24. The van der Waals surface area contributed by atoms with Crippen LogP contribution < -0.4 is 14.8 Å². The van der Waals surface area contributed by atoms with Crippen LogP contribution in [0.1, 0.15) is 62.2 Å². The monoisotopic (exact) mass is 382 g/mol. The summed E-state index contributed by atoms with van der Waals surface area (Å²) in [6.07, 6.45) is 9.01. The summed E-state index contributed by atoms with van der Waals surface area (Å²) in [7, 11) is 0. The summed E-state index contributed by atoms with van der Waals surface area (Å²) < 4.78 is 11.6. The predicted octanol–water partition coefficient (Wildman–Crippen LogP) is 4.77. The van der Waals surface area contributed by atoms with Gasteiger partial charge in [-0.25, -0.2) is 4.98 Å². The summed E-state index contributed by atoms with van der Waals surface area (Å²) in [5.74, 6) is 1.47. The van der Waals surface area contributed by atoms with Crippen molar-refractivity contribution in [2.75, 3.05) is 6.61 Å². The van der Waals surface area contributed by atoms with E-state index in [1.807, 2.05) is 42.5 Å². The molecular formula is C23H30N2O3. The van der Waals surface area contributed by atoms with Crippen LogP contribution in [0.15, 0.2) is 48.7 Å². The van der Waals surface area contributed by atoms with Crippen LogP contribution in [0.5, 0.6) is 11.6 Å². The number of carbonyl (C=O) groups excluding carboxylic acids is 1. The number of rotatable bonds is 9. The molecule has 0 saturated heterocycles. The third-order valence-corrected chi connectivity index (χ3v) is 5.07. The van der Waals surface area contributed by atoms with Crippen LogP contribution in [0, 0.1) is 0 Å². The van der Waals surface area contributed by atoms with Gasteiger partial charge in [-0.3, -0.25) is 4.79 Å². The van der Waals surface area contributed by atoms with Gasteiger partial charge in [0.1, 0.15) is 11.9 Å². The lowest BCUT2D eigenvalue weighted by Crippen LogP contribution is -2.39. The Morgan fingerprint density at radius 3 is 2.54 bits per heavy atom. The standard InChI is InChI=1S/C23H30N2O3/c1-2-3-6-17-27-20-12-8-18(9-13-20)23(26)25-19-10-14-21(15-11-19)28-22-7-4-5-16-24-22/h4-5,7-9,12-13,16,19,21H,2-3,6,10-11,14-15,17H2,1H3,(H,25,26). The fraction of sp³-hybridized carbons (Fsp3) is 0.478. The molecule has 1 amide bonds. The van der Waals surface area contributed by atoms with Gasteiger partial charge >= 0.3 is 0 Å². The van der Waals surface area contributed by atoms with Crippen molar-refractivity contribution in [3.8, 4) is 11.6 Å². The van der Waals surface area contributed by atoms with E-state index in [-0.39, 0.29) is 18.1 Å². The first-order chi connectivity index (χ1) is 13.7. The maximum absolute atomic E-state index is 12.5. The van der Waals surface area contributed by atoms with E-state index < -0.39 is 0 Å². The van der Waals surface area contributed by atoms with Crippen LogP contribution >= 0.6 is 0 Å². The maximum atomic E-state index is 12.5. The molecule has 1 N–H and O–H groups in total. The molecule has 1 heterocycles. The first kappa shape index (κ1) is 20.2. The van der Waals surface area contributed by atoms with Crippen molar-refractivity contribution >= 4 is 5.91 Å². The molecule has 1 saturated carbocycles. The molecule has 0 radical (unpaired) electrons. The zero-order valence-electron chi connectivity index (χ0n) is 16.6. The number of nitrogens with zero attached hydrogens (tertiary/aromatic N) is 1. The average Bonchev–Trinajstić information content (AvgIpc) is 2.74. The number of amides is 1. The first-order valence-corrected chi connectivity index (χ1v) is 10.4. The summed E-state index contributed by atoms with van der Waals surface area (Å²) in [6.45, 7) is 2.90. The molecule has 0 aliphatic heterocycles. The maximum Gasteiger partial charge on any atom is 0.251 e. The number of ether oxygens (including phenoxy) is 2. The van der Waals surface area contributed by atoms with Crippen LogP contribution in [0.2, 0.25) is 0 Å². The highest BCUT2D eigenvalue weighted by molar-refractivity contribution is 5.94. The third-order valence-electron chi connectivity index (χ3n) is 5.07. The van der Waals surface area contributed by atoms with Gasteiger partial charge in [-0.1, -0.05) is 25.8 Å². The van der Waals surface area contributed by atoms with Crippen molar-refractivity contribution in [3.05, 3.63) is 54.2 Å². The molecule has 1 aromatic carbocycles. The average molecular weight is 383 g/mol. The van der Waals surface area contributed by atoms with Gasteiger partial charge in [0, 0.05) is 23.9 Å². The number of benzene rings is 1. The molecule has 0 atom stereocenters. The summed E-state index contributed by atoms with van der Waals surface area (Å²) in [4.78, 5) is 16.7. The fourth-order valence-corrected chi connectivity index (χ4v) is 3.43. The second kappa shape index (κ2) is 10.7. The van der Waals surface area contributed by atoms with Crippen LogP contribution in [0.25, 0.3) is 0 Å². The number of unbranched alkanes of at least 4 members (excludes halogenated alkanes) is 2. The third kappa shape index (κ3) is 6.25. The Morgan fingerprint density at radius 2 is 1.86 bits per heavy atom. The molecule has 0 spiro atoms. The van der Waals surface area contributed by atoms with Crippen molar-refractivity contribution < 1.29 is 14.3 Å². The summed E-state index contributed by atoms with van der Waals surface area (Å²) in [5, 5.41) is 3.15. The fourth-order valence-electron chi connectivity index (χ4n) is 3.43. The Morgan fingerprint density at radius 1 is 1.07 bits per heavy atom. The summed E-state index contributed by atoms with van der Waals surface area (Å²) in [5.41, 5.74) is 0.674. The molecule has 28 heavy (non-hydrogen) atoms. The van der Waals surface area contributed by atoms with E-state index in [9.17, 15) is 4.79 Å². The number of hydrogen-bond donors (Lipinski definition) is 1. The van der Waals surface area contributed by atoms with Gasteiger partial charge in [0.25, 0.3) is 5.91 Å². The highest BCUT2D eigenvalue weighted by atomic mass is 16.5. The van der Waals surface area contributed by atoms with Gasteiger partial charge in [0.15, 0.2) is 0 Å². The van der Waals surface area contributed by atoms with Crippen molar-refractivity contribution in [1.82, 2.24) is 10.3 Å². The molecule has 2 aromatic rings. The largest absolute Gasteiger partial charge is 0.494 e. The number of carbonyl (C=O) groups is 1. The Labute approximate surface area is 167 Å². The lowest BCUT2D eigenvalue weighted by Gasteiger charge is -2.29. The van der Waals surface area contributed by atoms with Gasteiger partial charge in [-0.05, 0) is 62.4 Å². The molecule has 0 unspecified atom stereocenters. The van der Waals surface area contributed by atoms with Gasteiger partial charge in [-0.2, -0.15) is 0 Å². The van der Waals surface area contributed by atoms with Crippen molar-refractivity contribution in [1.29, 1.82) is 0 Å². The molecule has 1 aliphatic rings. The Balaban J connectivity index is 1.40. The van der Waals surface area contributed by atoms with Gasteiger partial charge in [0.05, 0.1) is 6.61 Å². The van der Waals surface area contributed by atoms with Gasteiger partial charge < -0.3 is 14.8 Å². The predicted molar refractivity (Wildman–Crippen MR) is 110 cm³/mol. The summed E-state index contributed by atoms with van der Waals surface area (Å²) in [6, 6.07) is 13.3. The molecule has 1 aromatic heterocycles. The Bertz CT molecular complexity index is 710. The van der Waals surface area contributed by atoms with E-state index in [0.29, 0.717) is 11.4 Å². The van der Waals surface area contributed by atoms with Crippen molar-refractivity contribution in [3.63, 3.8) is 0 Å². The quantitative estimate of drug-likeness (QED) is 0.635. The molecule has 1 fully saturated rings. The normalized spacial score (nSPS) is 19.0. The van der Waals surface area contributed by atoms with E-state index in [0.717, 1.165) is 44.5 Å². The summed E-state index contributed by atoms with van der Waals surface area (Å²) >= 11 is 0. The van der Waals surface area contributed by atoms with Crippen molar-refractivity contribution in [2.45, 2.75) is 64.0 Å². The SMILES string of the molecule is CCCCCOc1ccc(C(=O)NC2CCC(Oc3ccccn3)CC2)cc1. The Kier molecular flexibility index (Phi) is 7.71. The second-order valence-corrected chi connectivity index (χ2v) is 7.31. The van der Waals surface area contributed by atoms with E-state index in [4.69, 9.17) is 9.47 Å². The molecule has 1 aliphatic carbocycles. The molecule has 5 nitrogen and oxygen atoms in total. The molecule has 3 rings (SSSR count). The number of nitrogens with one attached hydrogen (secondary N) is 1. The van der Waals surface area contributed by atoms with E-state index in [1.54, 1.807) is 6.20 Å². The van der Waals surface area contributed by atoms with Crippen LogP contribution in [0.4, 0.5) is 0 Å². The number of hydrogen-bond acceptors (Lipinski definition) is 4. The van der Waals surface area contributed by atoms with E-state index in [2.05, 4.69) is 17.2 Å². The van der Waals surface area contributed by atoms with Crippen LogP contribution in [-0.4, -0.2) is 29.6 Å². The van der Waals surface area contributed by atoms with Crippen LogP contribution in [0.3, 0.4) is 0 Å². The number of pyridine rings is 1. The topological polar surface area (TPSA) is 60.5 Å². The van der Waals surface area contributed by atoms with Crippen molar-refractivity contribution in [2.24, 2.45) is 0 Å². The minimum atomic E-state index is -0.0216. The second-order valence-electron chi connectivity index (χ2n) is 7.31. The molecular weight excluding hydrogens is 352 g/mol. The lowest BCUT2D eigenvalue weighted by atomic mass is 9.92. The Hall–Kier alpha value is -2.56. The number of aromatic nitrogens is 1. The van der Waals surface area contributed by atoms with Gasteiger partial charge in [0.2, 0.25) is 5.88 Å². The van der Waals surface area contributed by atoms with Gasteiger partial charge in [-0.15, -0.1) is 0 Å². The minimum absolute atomic E-state index is 0.0216. The first-order valence-electron chi connectivity index (χ1n) is 10.4. The molecule has 150 valence electrons. The van der Waals surface area contributed by atoms with E-state index >= 15 is 0 Å².